The van der Waals surface area contributed by atoms with Crippen molar-refractivity contribution in [1.82, 2.24) is 9.55 Å². The quantitative estimate of drug-likeness (QED) is 0.796. The summed E-state index contributed by atoms with van der Waals surface area (Å²) >= 11 is 0. The van der Waals surface area contributed by atoms with Gasteiger partial charge in [-0.25, -0.2) is 9.78 Å². The molecule has 17 heavy (non-hydrogen) atoms. The second kappa shape index (κ2) is 3.87. The Morgan fingerprint density at radius 3 is 2.94 bits per heavy atom. The highest BCUT2D eigenvalue weighted by Gasteiger charge is 2.45. The molecule has 1 aromatic rings. The van der Waals surface area contributed by atoms with E-state index < -0.39 is 11.5 Å². The van der Waals surface area contributed by atoms with E-state index in [1.807, 2.05) is 0 Å². The molecule has 2 heterocycles. The van der Waals surface area contributed by atoms with Crippen molar-refractivity contribution < 1.29 is 9.90 Å². The summed E-state index contributed by atoms with van der Waals surface area (Å²) in [6.45, 7) is 2.19. The lowest BCUT2D eigenvalue weighted by Gasteiger charge is -2.31. The van der Waals surface area contributed by atoms with Gasteiger partial charge in [0.2, 0.25) is 0 Å². The summed E-state index contributed by atoms with van der Waals surface area (Å²) in [5.41, 5.74) is -1.29. The first-order valence-corrected chi connectivity index (χ1v) is 5.49. The van der Waals surface area contributed by atoms with E-state index in [1.54, 1.807) is 25.1 Å². The molecule has 2 rings (SSSR count). The topological polar surface area (TPSA) is 75.4 Å². The van der Waals surface area contributed by atoms with Gasteiger partial charge in [-0.1, -0.05) is 0 Å². The molecule has 0 bridgehead atoms. The average Bonchev–Trinajstić information content (AvgIpc) is 2.66. The van der Waals surface area contributed by atoms with Crippen LogP contribution in [0.4, 0.5) is 5.82 Å². The number of aromatic nitrogens is 2. The highest BCUT2D eigenvalue weighted by atomic mass is 16.4. The van der Waals surface area contributed by atoms with Crippen molar-refractivity contribution in [1.29, 1.82) is 0 Å². The number of rotatable bonds is 2. The first kappa shape index (κ1) is 11.6. The van der Waals surface area contributed by atoms with E-state index in [2.05, 4.69) is 4.98 Å². The predicted octanol–water partition coefficient (Wildman–Crippen LogP) is 0.224. The van der Waals surface area contributed by atoms with Crippen LogP contribution in [0.1, 0.15) is 19.8 Å². The van der Waals surface area contributed by atoms with Gasteiger partial charge in [0, 0.05) is 26.0 Å². The molecule has 1 saturated heterocycles. The minimum Gasteiger partial charge on any atom is -0.480 e. The maximum Gasteiger partial charge on any atom is 0.329 e. The number of aliphatic carboxylic acids is 1. The summed E-state index contributed by atoms with van der Waals surface area (Å²) in [4.78, 5) is 28.9. The van der Waals surface area contributed by atoms with Crippen molar-refractivity contribution in [2.75, 3.05) is 11.4 Å². The SMILES string of the molecule is Cn1ccnc(N2CCCC2(C)C(=O)O)c1=O. The van der Waals surface area contributed by atoms with Crippen LogP contribution in [0, 0.1) is 0 Å². The van der Waals surface area contributed by atoms with Crippen LogP contribution in [-0.2, 0) is 11.8 Å². The van der Waals surface area contributed by atoms with Gasteiger partial charge in [0.25, 0.3) is 5.56 Å². The number of hydrogen-bond donors (Lipinski definition) is 1. The maximum atomic E-state index is 11.9. The summed E-state index contributed by atoms with van der Waals surface area (Å²) in [5, 5.41) is 9.29. The number of carboxylic acids is 1. The largest absolute Gasteiger partial charge is 0.480 e. The molecule has 0 aromatic carbocycles. The van der Waals surface area contributed by atoms with Crippen LogP contribution in [-0.4, -0.2) is 32.7 Å². The molecule has 6 heteroatoms. The predicted molar refractivity (Wildman–Crippen MR) is 62.1 cm³/mol. The van der Waals surface area contributed by atoms with E-state index in [9.17, 15) is 14.7 Å². The standard InChI is InChI=1S/C11H15N3O3/c1-11(10(16)17)4-3-6-14(11)8-9(15)13(2)7-5-12-8/h5,7H,3-4,6H2,1-2H3,(H,16,17). The molecular weight excluding hydrogens is 222 g/mol. The Bertz CT molecular complexity index is 511. The molecule has 0 spiro atoms. The molecule has 0 radical (unpaired) electrons. The molecule has 1 aliphatic heterocycles. The molecule has 1 aromatic heterocycles. The molecule has 0 amide bonds. The molecule has 1 N–H and O–H groups in total. The second-order valence-electron chi connectivity index (χ2n) is 4.50. The minimum absolute atomic E-state index is 0.220. The third kappa shape index (κ3) is 1.69. The number of carbonyl (C=O) groups is 1. The van der Waals surface area contributed by atoms with Crippen molar-refractivity contribution in [3.8, 4) is 0 Å². The summed E-state index contributed by atoms with van der Waals surface area (Å²) in [7, 11) is 1.63. The Labute approximate surface area is 98.5 Å². The zero-order chi connectivity index (χ0) is 12.6. The second-order valence-corrected chi connectivity index (χ2v) is 4.50. The van der Waals surface area contributed by atoms with E-state index in [1.165, 1.54) is 10.8 Å². The Balaban J connectivity index is 2.50. The van der Waals surface area contributed by atoms with Gasteiger partial charge in [-0.2, -0.15) is 0 Å². The lowest BCUT2D eigenvalue weighted by Crippen LogP contribution is -2.50. The van der Waals surface area contributed by atoms with Crippen molar-refractivity contribution >= 4 is 11.8 Å². The average molecular weight is 237 g/mol. The fourth-order valence-corrected chi connectivity index (χ4v) is 2.19. The van der Waals surface area contributed by atoms with Gasteiger partial charge < -0.3 is 14.6 Å². The van der Waals surface area contributed by atoms with Crippen molar-refractivity contribution in [2.24, 2.45) is 7.05 Å². The van der Waals surface area contributed by atoms with E-state index in [0.717, 1.165) is 6.42 Å². The summed E-state index contributed by atoms with van der Waals surface area (Å²) in [6.07, 6.45) is 4.35. The highest BCUT2D eigenvalue weighted by molar-refractivity contribution is 5.83. The van der Waals surface area contributed by atoms with Crippen LogP contribution in [0.25, 0.3) is 0 Å². The van der Waals surface area contributed by atoms with Crippen molar-refractivity contribution in [3.63, 3.8) is 0 Å². The number of anilines is 1. The first-order chi connectivity index (χ1) is 7.97. The Morgan fingerprint density at radius 1 is 1.59 bits per heavy atom. The highest BCUT2D eigenvalue weighted by Crippen LogP contribution is 2.31. The zero-order valence-electron chi connectivity index (χ0n) is 9.88. The van der Waals surface area contributed by atoms with Gasteiger partial charge in [-0.05, 0) is 19.8 Å². The molecule has 0 saturated carbocycles. The zero-order valence-corrected chi connectivity index (χ0v) is 9.88. The van der Waals surface area contributed by atoms with Gasteiger partial charge >= 0.3 is 5.97 Å². The van der Waals surface area contributed by atoms with Gasteiger partial charge in [0.05, 0.1) is 0 Å². The Kier molecular flexibility index (Phi) is 2.65. The lowest BCUT2D eigenvalue weighted by atomic mass is 9.99. The van der Waals surface area contributed by atoms with Crippen LogP contribution < -0.4 is 10.5 Å². The normalized spacial score (nSPS) is 24.0. The monoisotopic (exact) mass is 237 g/mol. The third-order valence-electron chi connectivity index (χ3n) is 3.36. The fraction of sp³-hybridized carbons (Fsp3) is 0.545. The first-order valence-electron chi connectivity index (χ1n) is 5.49. The number of aryl methyl sites for hydroxylation is 1. The molecular formula is C11H15N3O3. The van der Waals surface area contributed by atoms with E-state index >= 15 is 0 Å². The van der Waals surface area contributed by atoms with Crippen LogP contribution in [0.15, 0.2) is 17.2 Å². The van der Waals surface area contributed by atoms with Gasteiger partial charge in [0.1, 0.15) is 5.54 Å². The van der Waals surface area contributed by atoms with E-state index in [-0.39, 0.29) is 11.4 Å². The van der Waals surface area contributed by atoms with E-state index in [4.69, 9.17) is 0 Å². The Morgan fingerprint density at radius 2 is 2.29 bits per heavy atom. The molecule has 1 aliphatic rings. The van der Waals surface area contributed by atoms with Crippen LogP contribution in [0.2, 0.25) is 0 Å². The fourth-order valence-electron chi connectivity index (χ4n) is 2.19. The molecule has 1 fully saturated rings. The molecule has 0 aliphatic carbocycles. The number of hydrogen-bond acceptors (Lipinski definition) is 4. The van der Waals surface area contributed by atoms with Crippen LogP contribution in [0.5, 0.6) is 0 Å². The smallest absolute Gasteiger partial charge is 0.329 e. The summed E-state index contributed by atoms with van der Waals surface area (Å²) in [5.74, 6) is -0.694. The lowest BCUT2D eigenvalue weighted by molar-refractivity contribution is -0.142. The Hall–Kier alpha value is -1.85. The molecule has 92 valence electrons. The van der Waals surface area contributed by atoms with Crippen molar-refractivity contribution in [2.45, 2.75) is 25.3 Å². The summed E-state index contributed by atoms with van der Waals surface area (Å²) < 4.78 is 1.41. The molecule has 1 atom stereocenters. The number of carboxylic acid groups (broad SMARTS) is 1. The maximum absolute atomic E-state index is 11.9. The molecule has 6 nitrogen and oxygen atoms in total. The van der Waals surface area contributed by atoms with Gasteiger partial charge in [0.15, 0.2) is 5.82 Å². The van der Waals surface area contributed by atoms with Crippen LogP contribution in [0.3, 0.4) is 0 Å². The van der Waals surface area contributed by atoms with Gasteiger partial charge in [-0.3, -0.25) is 4.79 Å². The third-order valence-corrected chi connectivity index (χ3v) is 3.36. The minimum atomic E-state index is -1.03. The van der Waals surface area contributed by atoms with Gasteiger partial charge in [-0.15, -0.1) is 0 Å². The molecule has 1 unspecified atom stereocenters. The number of nitrogens with zero attached hydrogens (tertiary/aromatic N) is 3. The van der Waals surface area contributed by atoms with Crippen LogP contribution >= 0.6 is 0 Å². The van der Waals surface area contributed by atoms with Crippen molar-refractivity contribution in [3.05, 3.63) is 22.7 Å². The van der Waals surface area contributed by atoms with E-state index in [0.29, 0.717) is 13.0 Å². The summed E-state index contributed by atoms with van der Waals surface area (Å²) in [6, 6.07) is 0.